The molecule has 154 valence electrons. The van der Waals surface area contributed by atoms with Gasteiger partial charge in [0.05, 0.1) is 16.5 Å². The second-order valence-electron chi connectivity index (χ2n) is 6.91. The maximum absolute atomic E-state index is 12.6. The molecule has 0 bridgehead atoms. The van der Waals surface area contributed by atoms with Gasteiger partial charge in [-0.1, -0.05) is 11.3 Å². The summed E-state index contributed by atoms with van der Waals surface area (Å²) in [6.07, 6.45) is 10.00. The summed E-state index contributed by atoms with van der Waals surface area (Å²) in [6, 6.07) is 8.62. The molecule has 4 rings (SSSR count). The lowest BCUT2D eigenvalue weighted by atomic mass is 10.2. The maximum atomic E-state index is 12.6. The Hall–Kier alpha value is -3.46. The van der Waals surface area contributed by atoms with Gasteiger partial charge in [-0.3, -0.25) is 9.59 Å². The summed E-state index contributed by atoms with van der Waals surface area (Å²) in [5.41, 5.74) is 1.34. The lowest BCUT2D eigenvalue weighted by molar-refractivity contribution is -0.122. The van der Waals surface area contributed by atoms with E-state index < -0.39 is 6.04 Å². The van der Waals surface area contributed by atoms with E-state index in [1.807, 2.05) is 52.0 Å². The average molecular weight is 423 g/mol. The molecule has 4 aromatic rings. The number of fused-ring (bicyclic) bond motifs is 1. The van der Waals surface area contributed by atoms with Crippen molar-refractivity contribution in [3.63, 3.8) is 0 Å². The van der Waals surface area contributed by atoms with Gasteiger partial charge in [0.15, 0.2) is 5.13 Å². The van der Waals surface area contributed by atoms with Crippen LogP contribution in [0.15, 0.2) is 61.4 Å². The number of carbonyl (C=O) groups is 2. The van der Waals surface area contributed by atoms with Crippen molar-refractivity contribution in [3.8, 4) is 5.13 Å². The third kappa shape index (κ3) is 4.57. The van der Waals surface area contributed by atoms with Crippen molar-refractivity contribution in [3.05, 3.63) is 67.0 Å². The van der Waals surface area contributed by atoms with Gasteiger partial charge in [-0.25, -0.2) is 9.97 Å². The minimum absolute atomic E-state index is 0.206. The molecule has 3 heterocycles. The van der Waals surface area contributed by atoms with Gasteiger partial charge in [0.1, 0.15) is 6.04 Å². The molecule has 2 amide bonds. The van der Waals surface area contributed by atoms with Crippen molar-refractivity contribution < 1.29 is 9.59 Å². The van der Waals surface area contributed by atoms with Crippen molar-refractivity contribution in [1.29, 1.82) is 0 Å². The first-order chi connectivity index (χ1) is 14.6. The summed E-state index contributed by atoms with van der Waals surface area (Å²) in [7, 11) is 0. The van der Waals surface area contributed by atoms with Gasteiger partial charge < -0.3 is 19.8 Å². The molecule has 3 aromatic heterocycles. The number of rotatable bonds is 8. The monoisotopic (exact) mass is 422 g/mol. The van der Waals surface area contributed by atoms with Gasteiger partial charge in [0.2, 0.25) is 5.91 Å². The molecule has 30 heavy (non-hydrogen) atoms. The number of aryl methyl sites for hydroxylation is 1. The zero-order valence-corrected chi connectivity index (χ0v) is 17.3. The zero-order valence-electron chi connectivity index (χ0n) is 16.5. The molecule has 0 aliphatic carbocycles. The van der Waals surface area contributed by atoms with E-state index in [0.29, 0.717) is 12.1 Å². The highest BCUT2D eigenvalue weighted by Crippen LogP contribution is 2.26. The zero-order chi connectivity index (χ0) is 20.9. The number of hydrogen-bond acceptors (Lipinski definition) is 5. The highest BCUT2D eigenvalue weighted by molar-refractivity contribution is 7.20. The number of carbonyl (C=O) groups excluding carboxylic acids is 2. The summed E-state index contributed by atoms with van der Waals surface area (Å²) >= 11 is 1.51. The predicted molar refractivity (Wildman–Crippen MR) is 116 cm³/mol. The first kappa shape index (κ1) is 19.8. The van der Waals surface area contributed by atoms with Crippen molar-refractivity contribution in [1.82, 2.24) is 29.7 Å². The van der Waals surface area contributed by atoms with E-state index >= 15 is 0 Å². The minimum atomic E-state index is -0.627. The number of thiazole rings is 1. The first-order valence-corrected chi connectivity index (χ1v) is 10.5. The molecular formula is C21H22N6O2S. The molecular weight excluding hydrogens is 400 g/mol. The van der Waals surface area contributed by atoms with Crippen molar-refractivity contribution in [2.45, 2.75) is 25.9 Å². The van der Waals surface area contributed by atoms with Gasteiger partial charge in [-0.15, -0.1) is 0 Å². The minimum Gasteiger partial charge on any atom is -0.354 e. The van der Waals surface area contributed by atoms with Gasteiger partial charge in [0.25, 0.3) is 5.91 Å². The fourth-order valence-electron chi connectivity index (χ4n) is 3.02. The number of benzene rings is 1. The van der Waals surface area contributed by atoms with Gasteiger partial charge in [-0.2, -0.15) is 0 Å². The Morgan fingerprint density at radius 1 is 1.20 bits per heavy atom. The highest BCUT2D eigenvalue weighted by atomic mass is 32.1. The molecule has 1 aromatic carbocycles. The number of nitrogens with one attached hydrogen (secondary N) is 2. The maximum Gasteiger partial charge on any atom is 0.251 e. The quantitative estimate of drug-likeness (QED) is 0.427. The molecule has 8 nitrogen and oxygen atoms in total. The van der Waals surface area contributed by atoms with Crippen molar-refractivity contribution in [2.75, 3.05) is 6.54 Å². The second kappa shape index (κ2) is 8.91. The summed E-state index contributed by atoms with van der Waals surface area (Å²) in [5, 5.41) is 6.46. The van der Waals surface area contributed by atoms with E-state index in [0.717, 1.165) is 28.3 Å². The molecule has 0 saturated heterocycles. The van der Waals surface area contributed by atoms with Crippen LogP contribution in [0.4, 0.5) is 0 Å². The molecule has 2 N–H and O–H groups in total. The molecule has 0 unspecified atom stereocenters. The van der Waals surface area contributed by atoms with Crippen LogP contribution in [-0.2, 0) is 11.3 Å². The molecule has 0 fully saturated rings. The molecule has 0 saturated carbocycles. The predicted octanol–water partition coefficient (Wildman–Crippen LogP) is 2.61. The van der Waals surface area contributed by atoms with Crippen LogP contribution in [0.1, 0.15) is 23.7 Å². The molecule has 0 radical (unpaired) electrons. The molecule has 0 aliphatic rings. The van der Waals surface area contributed by atoms with Crippen molar-refractivity contribution >= 4 is 33.4 Å². The lowest BCUT2D eigenvalue weighted by Crippen LogP contribution is -2.45. The smallest absolute Gasteiger partial charge is 0.251 e. The van der Waals surface area contributed by atoms with E-state index in [4.69, 9.17) is 0 Å². The largest absolute Gasteiger partial charge is 0.354 e. The fraction of sp³-hybridized carbons (Fsp3) is 0.238. The fourth-order valence-corrected chi connectivity index (χ4v) is 3.99. The second-order valence-corrected chi connectivity index (χ2v) is 7.92. The summed E-state index contributed by atoms with van der Waals surface area (Å²) in [4.78, 5) is 33.4. The summed E-state index contributed by atoms with van der Waals surface area (Å²) in [5.74, 6) is -0.489. The molecule has 0 spiro atoms. The number of imidazole rings is 1. The van der Waals surface area contributed by atoms with Crippen LogP contribution >= 0.6 is 11.3 Å². The first-order valence-electron chi connectivity index (χ1n) is 9.68. The van der Waals surface area contributed by atoms with Gasteiger partial charge >= 0.3 is 0 Å². The van der Waals surface area contributed by atoms with Gasteiger partial charge in [0, 0.05) is 43.4 Å². The molecule has 1 atom stereocenters. The van der Waals surface area contributed by atoms with E-state index in [-0.39, 0.29) is 11.8 Å². The van der Waals surface area contributed by atoms with Crippen LogP contribution in [0.5, 0.6) is 0 Å². The summed E-state index contributed by atoms with van der Waals surface area (Å²) in [6.45, 7) is 2.99. The Bertz CT molecular complexity index is 1130. The Labute approximate surface area is 177 Å². The number of nitrogens with zero attached hydrogens (tertiary/aromatic N) is 4. The normalized spacial score (nSPS) is 12.0. The lowest BCUT2D eigenvalue weighted by Gasteiger charge is -2.14. The third-order valence-corrected chi connectivity index (χ3v) is 5.69. The number of amides is 2. The van der Waals surface area contributed by atoms with Crippen LogP contribution < -0.4 is 10.6 Å². The Balaban J connectivity index is 1.32. The average Bonchev–Trinajstić information content (AvgIpc) is 3.51. The third-order valence-electron chi connectivity index (χ3n) is 4.66. The molecule has 0 aliphatic heterocycles. The number of aromatic nitrogens is 4. The summed E-state index contributed by atoms with van der Waals surface area (Å²) < 4.78 is 4.81. The Kier molecular flexibility index (Phi) is 5.89. The Morgan fingerprint density at radius 3 is 2.80 bits per heavy atom. The topological polar surface area (TPSA) is 93.8 Å². The SMILES string of the molecule is C[C@@H](NC(=O)c1ccc2nc(-n3cccc3)sc2c1)C(=O)NCCCn1ccnc1. The standard InChI is InChI=1S/C21H22N6O2S/c1-15(19(28)23-7-4-9-26-12-8-22-14-26)24-20(29)16-5-6-17-18(13-16)30-21(25-17)27-10-2-3-11-27/h2-3,5-6,8,10-15H,4,7,9H2,1H3,(H,23,28)(H,24,29)/t15-/m1/s1. The van der Waals surface area contributed by atoms with Crippen LogP contribution in [0, 0.1) is 0 Å². The van der Waals surface area contributed by atoms with Crippen LogP contribution in [0.2, 0.25) is 0 Å². The van der Waals surface area contributed by atoms with Crippen LogP contribution in [-0.4, -0.2) is 43.5 Å². The van der Waals surface area contributed by atoms with Crippen molar-refractivity contribution in [2.24, 2.45) is 0 Å². The Morgan fingerprint density at radius 2 is 2.03 bits per heavy atom. The van der Waals surface area contributed by atoms with Gasteiger partial charge in [-0.05, 0) is 43.7 Å². The van der Waals surface area contributed by atoms with Crippen LogP contribution in [0.3, 0.4) is 0 Å². The van der Waals surface area contributed by atoms with E-state index in [9.17, 15) is 9.59 Å². The highest BCUT2D eigenvalue weighted by Gasteiger charge is 2.17. The van der Waals surface area contributed by atoms with E-state index in [1.165, 1.54) is 11.3 Å². The number of hydrogen-bond donors (Lipinski definition) is 2. The van der Waals surface area contributed by atoms with E-state index in [1.54, 1.807) is 25.5 Å². The van der Waals surface area contributed by atoms with Crippen LogP contribution in [0.25, 0.3) is 15.3 Å². The van der Waals surface area contributed by atoms with E-state index in [2.05, 4.69) is 20.6 Å². The molecule has 9 heteroatoms.